The van der Waals surface area contributed by atoms with Crippen LogP contribution < -0.4 is 21.0 Å². The van der Waals surface area contributed by atoms with E-state index in [-0.39, 0.29) is 11.7 Å². The maximum absolute atomic E-state index is 15.8. The highest BCUT2D eigenvalue weighted by Gasteiger charge is 2.58. The molecular formula is C20H22ClFN5O8P. The van der Waals surface area contributed by atoms with E-state index in [0.29, 0.717) is 4.57 Å². The average Bonchev–Trinajstić information content (AvgIpc) is 3.08. The molecule has 1 aliphatic heterocycles. The maximum atomic E-state index is 15.8. The molecule has 1 unspecified atom stereocenters. The number of hydrogen-bond donors (Lipinski definition) is 3. The van der Waals surface area contributed by atoms with Crippen LogP contribution in [-0.2, 0) is 23.4 Å². The summed E-state index contributed by atoms with van der Waals surface area (Å²) in [5.74, 6) is 0.961. The molecule has 16 heteroatoms. The highest BCUT2D eigenvalue weighted by molar-refractivity contribution is 7.52. The minimum absolute atomic E-state index is 0.120. The Kier molecular flexibility index (Phi) is 8.67. The van der Waals surface area contributed by atoms with Crippen LogP contribution >= 0.6 is 19.3 Å². The summed E-state index contributed by atoms with van der Waals surface area (Å²) in [5.41, 5.74) is 1.41. The summed E-state index contributed by atoms with van der Waals surface area (Å²) in [6.07, 6.45) is -4.58. The number of anilines is 1. The lowest BCUT2D eigenvalue weighted by molar-refractivity contribution is -0.142. The van der Waals surface area contributed by atoms with Crippen molar-refractivity contribution in [1.29, 1.82) is 0 Å². The molecule has 1 fully saturated rings. The third kappa shape index (κ3) is 6.01. The molecule has 2 heterocycles. The van der Waals surface area contributed by atoms with Crippen molar-refractivity contribution in [3.8, 4) is 17.0 Å². The normalized spacial score (nSPS) is 25.8. The molecule has 0 amide bonds. The molecule has 13 nitrogen and oxygen atoms in total. The minimum atomic E-state index is -4.34. The van der Waals surface area contributed by atoms with Gasteiger partial charge in [0.25, 0.3) is 0 Å². The van der Waals surface area contributed by atoms with Gasteiger partial charge in [0, 0.05) is 5.38 Å². The number of halogens is 2. The lowest BCUT2D eigenvalue weighted by atomic mass is 9.97. The first-order valence-electron chi connectivity index (χ1n) is 10.2. The molecule has 0 spiro atoms. The number of benzene rings is 1. The first kappa shape index (κ1) is 27.5. The van der Waals surface area contributed by atoms with Crippen LogP contribution in [-0.4, -0.2) is 63.2 Å². The van der Waals surface area contributed by atoms with Gasteiger partial charge in [0.2, 0.25) is 11.6 Å². The number of methoxy groups -OCH3 is 1. The number of nitrogen functional groups attached to an aromatic ring is 1. The number of esters is 1. The Labute approximate surface area is 209 Å². The number of carbonyl (C=O) groups is 1. The predicted octanol–water partition coefficient (Wildman–Crippen LogP) is 0.742. The van der Waals surface area contributed by atoms with E-state index in [4.69, 9.17) is 31.1 Å². The molecule has 1 aliphatic rings. The van der Waals surface area contributed by atoms with Crippen LogP contribution in [0, 0.1) is 11.3 Å². The van der Waals surface area contributed by atoms with Crippen molar-refractivity contribution in [2.24, 2.45) is 0 Å². The van der Waals surface area contributed by atoms with Crippen molar-refractivity contribution in [2.45, 2.75) is 37.1 Å². The smallest absolute Gasteiger partial charge is 0.459 e. The SMILES string of the molecule is COC(=O)[C@H](C)NP(=O)(OC[C@H]1O[C@@H](n2cnc(N)nc2=O)[C@@](F)(C#CCl)[C@@H]1O)Oc1ccccc1. The van der Waals surface area contributed by atoms with Crippen LogP contribution in [0.4, 0.5) is 10.3 Å². The summed E-state index contributed by atoms with van der Waals surface area (Å²) in [6, 6.07) is 6.72. The highest BCUT2D eigenvalue weighted by atomic mass is 35.5. The van der Waals surface area contributed by atoms with E-state index in [1.807, 2.05) is 11.3 Å². The third-order valence-electron chi connectivity index (χ3n) is 4.97. The summed E-state index contributed by atoms with van der Waals surface area (Å²) in [5, 5.41) is 14.9. The van der Waals surface area contributed by atoms with E-state index in [9.17, 15) is 19.3 Å². The second-order valence-electron chi connectivity index (χ2n) is 7.44. The van der Waals surface area contributed by atoms with Crippen LogP contribution in [0.2, 0.25) is 0 Å². The Hall–Kier alpha value is -3.05. The van der Waals surface area contributed by atoms with Crippen LogP contribution in [0.15, 0.2) is 41.5 Å². The number of alkyl halides is 1. The number of hydrogen-bond acceptors (Lipinski definition) is 11. The van der Waals surface area contributed by atoms with Crippen LogP contribution in [0.5, 0.6) is 5.75 Å². The van der Waals surface area contributed by atoms with Gasteiger partial charge in [0.1, 0.15) is 30.3 Å². The van der Waals surface area contributed by atoms with Crippen LogP contribution in [0.3, 0.4) is 0 Å². The third-order valence-corrected chi connectivity index (χ3v) is 6.70. The monoisotopic (exact) mass is 545 g/mol. The molecule has 1 saturated heterocycles. The van der Waals surface area contributed by atoms with Gasteiger partial charge in [-0.15, -0.1) is 0 Å². The minimum Gasteiger partial charge on any atom is -0.468 e. The van der Waals surface area contributed by atoms with Crippen molar-refractivity contribution in [2.75, 3.05) is 19.5 Å². The highest BCUT2D eigenvalue weighted by Crippen LogP contribution is 2.47. The van der Waals surface area contributed by atoms with Crippen molar-refractivity contribution < 1.29 is 37.4 Å². The van der Waals surface area contributed by atoms with E-state index >= 15 is 4.39 Å². The number of aliphatic hydroxyl groups excluding tert-OH is 1. The van der Waals surface area contributed by atoms with Crippen molar-refractivity contribution in [3.05, 3.63) is 47.1 Å². The van der Waals surface area contributed by atoms with Gasteiger partial charge in [-0.3, -0.25) is 13.9 Å². The quantitative estimate of drug-likeness (QED) is 0.229. The maximum Gasteiger partial charge on any atom is 0.459 e. The standard InChI is InChI=1S/C20H22ClFN5O8P/c1-12(16(29)32-2)26-36(31,35-13-6-4-3-5-7-13)33-10-14-15(28)20(22,8-9-21)17(34-14)27-11-24-18(23)25-19(27)30/h3-7,11-12,14-15,17,28H,10H2,1-2H3,(H,26,31)(H2,23,25,30)/t12-,14+,15+,17+,20+,36?/m0/s1. The first-order valence-corrected chi connectivity index (χ1v) is 12.2. The Morgan fingerprint density at radius 2 is 2.17 bits per heavy atom. The fraction of sp³-hybridized carbons (Fsp3) is 0.400. The molecule has 0 aliphatic carbocycles. The molecule has 1 aromatic carbocycles. The number of ether oxygens (including phenoxy) is 2. The van der Waals surface area contributed by atoms with Crippen molar-refractivity contribution >= 4 is 31.3 Å². The molecule has 0 saturated carbocycles. The van der Waals surface area contributed by atoms with Crippen molar-refractivity contribution in [1.82, 2.24) is 19.6 Å². The number of aliphatic hydroxyl groups is 1. The fourth-order valence-corrected chi connectivity index (χ4v) is 4.87. The van der Waals surface area contributed by atoms with Crippen LogP contribution in [0.25, 0.3) is 0 Å². The number of carbonyl (C=O) groups excluding carboxylic acids is 1. The fourth-order valence-electron chi connectivity index (χ4n) is 3.23. The summed E-state index contributed by atoms with van der Waals surface area (Å²) >= 11 is 5.39. The van der Waals surface area contributed by atoms with E-state index in [1.165, 1.54) is 19.1 Å². The summed E-state index contributed by atoms with van der Waals surface area (Å²) in [6.45, 7) is 0.617. The number of rotatable bonds is 9. The molecule has 36 heavy (non-hydrogen) atoms. The number of nitrogens with zero attached hydrogens (tertiary/aromatic N) is 3. The molecule has 0 radical (unpaired) electrons. The van der Waals surface area contributed by atoms with Gasteiger partial charge in [-0.1, -0.05) is 18.2 Å². The van der Waals surface area contributed by atoms with Crippen LogP contribution in [0.1, 0.15) is 13.2 Å². The zero-order valence-electron chi connectivity index (χ0n) is 18.9. The molecule has 0 bridgehead atoms. The summed E-state index contributed by atoms with van der Waals surface area (Å²) in [4.78, 5) is 31.1. The molecule has 4 N–H and O–H groups in total. The van der Waals surface area contributed by atoms with Gasteiger partial charge in [0.15, 0.2) is 6.23 Å². The zero-order valence-corrected chi connectivity index (χ0v) is 20.6. The number of aromatic nitrogens is 3. The van der Waals surface area contributed by atoms with Gasteiger partial charge in [-0.25, -0.2) is 18.7 Å². The zero-order chi connectivity index (χ0) is 26.5. The van der Waals surface area contributed by atoms with Gasteiger partial charge >= 0.3 is 19.4 Å². The van der Waals surface area contributed by atoms with E-state index in [0.717, 1.165) is 13.4 Å². The second-order valence-corrected chi connectivity index (χ2v) is 9.32. The van der Waals surface area contributed by atoms with E-state index in [1.54, 1.807) is 18.2 Å². The van der Waals surface area contributed by atoms with Crippen molar-refractivity contribution in [3.63, 3.8) is 0 Å². The lowest BCUT2D eigenvalue weighted by Gasteiger charge is -2.24. The lowest BCUT2D eigenvalue weighted by Crippen LogP contribution is -2.44. The topological polar surface area (TPSA) is 177 Å². The summed E-state index contributed by atoms with van der Waals surface area (Å²) in [7, 11) is -3.21. The summed E-state index contributed by atoms with van der Waals surface area (Å²) < 4.78 is 50.9. The number of para-hydroxylation sites is 1. The molecular weight excluding hydrogens is 524 g/mol. The number of nitrogens with one attached hydrogen (secondary N) is 1. The largest absolute Gasteiger partial charge is 0.468 e. The van der Waals surface area contributed by atoms with Gasteiger partial charge in [-0.2, -0.15) is 10.1 Å². The second kappa shape index (κ2) is 11.3. The predicted molar refractivity (Wildman–Crippen MR) is 123 cm³/mol. The Morgan fingerprint density at radius 3 is 2.78 bits per heavy atom. The Balaban J connectivity index is 1.87. The van der Waals surface area contributed by atoms with Gasteiger partial charge < -0.3 is 24.8 Å². The Bertz CT molecular complexity index is 1260. The Morgan fingerprint density at radius 1 is 1.47 bits per heavy atom. The molecule has 6 atom stereocenters. The molecule has 194 valence electrons. The van der Waals surface area contributed by atoms with Gasteiger partial charge in [0.05, 0.1) is 13.7 Å². The molecule has 1 aromatic heterocycles. The number of nitrogens with two attached hydrogens (primary N) is 1. The van der Waals surface area contributed by atoms with E-state index < -0.39 is 56.2 Å². The van der Waals surface area contributed by atoms with Gasteiger partial charge in [-0.05, 0) is 36.6 Å². The molecule has 3 rings (SSSR count). The average molecular weight is 546 g/mol. The first-order chi connectivity index (χ1) is 17.0. The van der Waals surface area contributed by atoms with E-state index in [2.05, 4.69) is 19.8 Å². The molecule has 2 aromatic rings.